The van der Waals surface area contributed by atoms with Gasteiger partial charge in [0.1, 0.15) is 18.2 Å². The summed E-state index contributed by atoms with van der Waals surface area (Å²) in [6, 6.07) is 15.4. The molecule has 13 heteroatoms. The van der Waals surface area contributed by atoms with E-state index in [2.05, 4.69) is 5.32 Å². The molecular formula is C33H38F2N3O7P. The molecule has 3 aromatic rings. The molecule has 0 spiro atoms. The largest absolute Gasteiger partial charge is 0.399 e. The first-order valence-electron chi connectivity index (χ1n) is 15.1. The number of carbonyl (C=O) groups excluding carboxylic acids is 3. The van der Waals surface area contributed by atoms with E-state index in [0.717, 1.165) is 17.7 Å². The summed E-state index contributed by atoms with van der Waals surface area (Å²) in [4.78, 5) is 62.8. The number of morpholine rings is 1. The van der Waals surface area contributed by atoms with Crippen molar-refractivity contribution in [1.29, 1.82) is 0 Å². The maximum absolute atomic E-state index is 14.2. The van der Waals surface area contributed by atoms with Gasteiger partial charge < -0.3 is 29.6 Å². The molecule has 2 saturated heterocycles. The van der Waals surface area contributed by atoms with Gasteiger partial charge in [0, 0.05) is 24.2 Å². The number of amides is 3. The first kappa shape index (κ1) is 33.7. The molecule has 2 heterocycles. The average molecular weight is 658 g/mol. The second kappa shape index (κ2) is 12.8. The van der Waals surface area contributed by atoms with Gasteiger partial charge >= 0.3 is 13.3 Å². The van der Waals surface area contributed by atoms with Gasteiger partial charge in [-0.05, 0) is 52.8 Å². The topological polar surface area (TPSA) is 136 Å². The number of alkyl halides is 2. The molecule has 2 aliphatic heterocycles. The molecule has 5 rings (SSSR count). The minimum atomic E-state index is -5.74. The van der Waals surface area contributed by atoms with E-state index in [9.17, 15) is 27.7 Å². The van der Waals surface area contributed by atoms with Gasteiger partial charge in [0.25, 0.3) is 5.91 Å². The van der Waals surface area contributed by atoms with Crippen LogP contribution < -0.4 is 5.32 Å². The molecule has 0 aliphatic carbocycles. The first-order chi connectivity index (χ1) is 21.6. The highest BCUT2D eigenvalue weighted by Crippen LogP contribution is 2.59. The summed E-state index contributed by atoms with van der Waals surface area (Å²) >= 11 is 0. The van der Waals surface area contributed by atoms with E-state index in [-0.39, 0.29) is 28.9 Å². The molecule has 3 amide bonds. The standard InChI is InChI=1S/C33H38F2N3O7P/c1-32(2,3)28(36-29(39)24-12-11-23-19-25(14-13-22(23)18-24)33(34,35)46(42,43)44)31(41)38-15-7-10-26(38)30(40)37-16-17-45-27(20-37)21-8-5-4-6-9-21/h4-6,8-9,11-14,18-19,26-28H,7,10,15-17,20H2,1-3H3,(H,36,39)(H2,42,43,44)/t26-,27-,28+/m0/s1. The van der Waals surface area contributed by atoms with Crippen molar-refractivity contribution in [3.8, 4) is 0 Å². The molecule has 46 heavy (non-hydrogen) atoms. The highest BCUT2D eigenvalue weighted by atomic mass is 31.2. The van der Waals surface area contributed by atoms with Crippen molar-refractivity contribution in [1.82, 2.24) is 15.1 Å². The molecule has 2 fully saturated rings. The first-order valence-corrected chi connectivity index (χ1v) is 16.7. The van der Waals surface area contributed by atoms with Crippen molar-refractivity contribution in [2.24, 2.45) is 5.41 Å². The van der Waals surface area contributed by atoms with Gasteiger partial charge in [-0.25, -0.2) is 0 Å². The zero-order chi connectivity index (χ0) is 33.4. The van der Waals surface area contributed by atoms with Crippen LogP contribution in [0.25, 0.3) is 10.8 Å². The molecule has 2 aliphatic rings. The van der Waals surface area contributed by atoms with Gasteiger partial charge in [0.05, 0.1) is 13.2 Å². The van der Waals surface area contributed by atoms with Crippen LogP contribution in [0, 0.1) is 5.41 Å². The van der Waals surface area contributed by atoms with Gasteiger partial charge in [-0.15, -0.1) is 0 Å². The van der Waals surface area contributed by atoms with Crippen LogP contribution in [0.1, 0.15) is 61.2 Å². The van der Waals surface area contributed by atoms with Gasteiger partial charge in [-0.3, -0.25) is 18.9 Å². The zero-order valence-corrected chi connectivity index (χ0v) is 26.8. The fourth-order valence-electron chi connectivity index (χ4n) is 5.99. The molecule has 0 radical (unpaired) electrons. The van der Waals surface area contributed by atoms with Crippen LogP contribution in [0.15, 0.2) is 66.7 Å². The van der Waals surface area contributed by atoms with Gasteiger partial charge in [0.15, 0.2) is 0 Å². The summed E-state index contributed by atoms with van der Waals surface area (Å²) in [5.41, 5.74) is -4.79. The van der Waals surface area contributed by atoms with Crippen LogP contribution in [0.3, 0.4) is 0 Å². The van der Waals surface area contributed by atoms with E-state index >= 15 is 0 Å². The second-order valence-corrected chi connectivity index (χ2v) is 14.5. The van der Waals surface area contributed by atoms with Crippen molar-refractivity contribution < 1.29 is 42.3 Å². The average Bonchev–Trinajstić information content (AvgIpc) is 3.52. The molecule has 10 nitrogen and oxygen atoms in total. The van der Waals surface area contributed by atoms with Gasteiger partial charge in [0.2, 0.25) is 11.8 Å². The van der Waals surface area contributed by atoms with Crippen LogP contribution in [0.4, 0.5) is 8.78 Å². The van der Waals surface area contributed by atoms with E-state index in [4.69, 9.17) is 14.5 Å². The third kappa shape index (κ3) is 6.85. The van der Waals surface area contributed by atoms with Gasteiger partial charge in [-0.2, -0.15) is 8.78 Å². The fourth-order valence-corrected chi connectivity index (χ4v) is 6.46. The molecule has 0 bridgehead atoms. The third-order valence-electron chi connectivity index (χ3n) is 8.57. The number of ether oxygens (including phenoxy) is 1. The number of nitrogens with zero attached hydrogens (tertiary/aromatic N) is 2. The van der Waals surface area contributed by atoms with E-state index in [1.54, 1.807) is 9.80 Å². The third-order valence-corrected chi connectivity index (χ3v) is 9.56. The Morgan fingerprint density at radius 3 is 2.33 bits per heavy atom. The van der Waals surface area contributed by atoms with Crippen LogP contribution in [-0.2, 0) is 24.6 Å². The smallest absolute Gasteiger partial charge is 0.370 e. The number of hydrogen-bond donors (Lipinski definition) is 3. The zero-order valence-electron chi connectivity index (χ0n) is 25.9. The number of benzene rings is 3. The van der Waals surface area contributed by atoms with Crippen LogP contribution in [0.5, 0.6) is 0 Å². The number of rotatable bonds is 7. The van der Waals surface area contributed by atoms with Crippen molar-refractivity contribution in [3.05, 3.63) is 83.4 Å². The highest BCUT2D eigenvalue weighted by Gasteiger charge is 2.50. The molecule has 3 atom stereocenters. The summed E-state index contributed by atoms with van der Waals surface area (Å²) < 4.78 is 45.7. The molecule has 3 aromatic carbocycles. The highest BCUT2D eigenvalue weighted by molar-refractivity contribution is 7.52. The molecule has 0 unspecified atom stereocenters. The number of hydrogen-bond acceptors (Lipinski definition) is 5. The van der Waals surface area contributed by atoms with Gasteiger partial charge in [-0.1, -0.05) is 69.3 Å². The molecule has 0 saturated carbocycles. The normalized spacial score (nSPS) is 20.1. The number of likely N-dealkylation sites (tertiary alicyclic amines) is 1. The molecule has 246 valence electrons. The fraction of sp³-hybridized carbons (Fsp3) is 0.424. The minimum absolute atomic E-state index is 0.146. The van der Waals surface area contributed by atoms with Crippen molar-refractivity contribution in [3.63, 3.8) is 0 Å². The van der Waals surface area contributed by atoms with Crippen molar-refractivity contribution >= 4 is 36.1 Å². The predicted molar refractivity (Wildman–Crippen MR) is 167 cm³/mol. The van der Waals surface area contributed by atoms with E-state index in [1.165, 1.54) is 24.3 Å². The summed E-state index contributed by atoms with van der Waals surface area (Å²) in [5, 5.41) is 3.48. The Bertz CT molecular complexity index is 1670. The Morgan fingerprint density at radius 2 is 1.65 bits per heavy atom. The lowest BCUT2D eigenvalue weighted by atomic mass is 9.85. The number of halogens is 2. The van der Waals surface area contributed by atoms with E-state index in [0.29, 0.717) is 44.5 Å². The lowest BCUT2D eigenvalue weighted by Gasteiger charge is -2.38. The molecule has 0 aromatic heterocycles. The number of carbonyl (C=O) groups is 3. The molecule has 3 N–H and O–H groups in total. The van der Waals surface area contributed by atoms with Crippen LogP contribution >= 0.6 is 7.60 Å². The maximum Gasteiger partial charge on any atom is 0.399 e. The van der Waals surface area contributed by atoms with Crippen LogP contribution in [0.2, 0.25) is 0 Å². The monoisotopic (exact) mass is 657 g/mol. The Balaban J connectivity index is 1.32. The number of nitrogens with one attached hydrogen (secondary N) is 1. The Labute approximate surface area is 265 Å². The van der Waals surface area contributed by atoms with Crippen LogP contribution in [-0.4, -0.2) is 75.6 Å². The quantitative estimate of drug-likeness (QED) is 0.311. The Kier molecular flexibility index (Phi) is 9.39. The Hall–Kier alpha value is -3.70. The lowest BCUT2D eigenvalue weighted by molar-refractivity contribution is -0.150. The molecular weight excluding hydrogens is 619 g/mol. The minimum Gasteiger partial charge on any atom is -0.370 e. The van der Waals surface area contributed by atoms with E-state index < -0.39 is 42.2 Å². The van der Waals surface area contributed by atoms with Crippen molar-refractivity contribution in [2.75, 3.05) is 26.2 Å². The summed E-state index contributed by atoms with van der Waals surface area (Å²) in [7, 11) is -5.74. The summed E-state index contributed by atoms with van der Waals surface area (Å²) in [6.45, 7) is 7.00. The summed E-state index contributed by atoms with van der Waals surface area (Å²) in [6.07, 6.45) is 0.894. The lowest BCUT2D eigenvalue weighted by Crippen LogP contribution is -2.58. The van der Waals surface area contributed by atoms with E-state index in [1.807, 2.05) is 51.1 Å². The second-order valence-electron chi connectivity index (χ2n) is 12.9. The SMILES string of the molecule is CC(C)(C)[C@H](NC(=O)c1ccc2cc(C(F)(F)P(=O)(O)O)ccc2c1)C(=O)N1CCC[C@H]1C(=O)N1CCO[C@H](c2ccccc2)C1. The number of fused-ring (bicyclic) bond motifs is 1. The van der Waals surface area contributed by atoms with Crippen molar-refractivity contribution in [2.45, 2.75) is 57.5 Å². The predicted octanol–water partition coefficient (Wildman–Crippen LogP) is 4.80. The Morgan fingerprint density at radius 1 is 0.978 bits per heavy atom. The maximum atomic E-state index is 14.2. The summed E-state index contributed by atoms with van der Waals surface area (Å²) in [5.74, 6) is -1.08.